The first-order chi connectivity index (χ1) is 19.8. The van der Waals surface area contributed by atoms with Gasteiger partial charge in [0, 0.05) is 56.1 Å². The maximum Gasteiger partial charge on any atom is 0.256 e. The second-order valence-corrected chi connectivity index (χ2v) is 12.8. The van der Waals surface area contributed by atoms with Gasteiger partial charge >= 0.3 is 0 Å². The van der Waals surface area contributed by atoms with Crippen LogP contribution in [0.1, 0.15) is 43.7 Å². The van der Waals surface area contributed by atoms with Gasteiger partial charge < -0.3 is 15.3 Å². The molecule has 1 saturated carbocycles. The summed E-state index contributed by atoms with van der Waals surface area (Å²) < 4.78 is 26.1. The van der Waals surface area contributed by atoms with Crippen LogP contribution in [0.25, 0.3) is 11.4 Å². The van der Waals surface area contributed by atoms with Gasteiger partial charge in [0.15, 0.2) is 5.82 Å². The summed E-state index contributed by atoms with van der Waals surface area (Å²) in [5.74, 6) is 7.91. The van der Waals surface area contributed by atoms with Crippen molar-refractivity contribution < 1.29 is 13.5 Å². The van der Waals surface area contributed by atoms with Gasteiger partial charge in [0.2, 0.25) is 0 Å². The molecule has 0 unspecified atom stereocenters. The van der Waals surface area contributed by atoms with Crippen molar-refractivity contribution in [3.63, 3.8) is 0 Å². The predicted octanol–water partition coefficient (Wildman–Crippen LogP) is 3.21. The molecule has 1 aliphatic heterocycles. The molecule has 210 valence electrons. The van der Waals surface area contributed by atoms with E-state index in [0.29, 0.717) is 35.9 Å². The Labute approximate surface area is 238 Å². The third kappa shape index (κ3) is 5.91. The molecule has 5 heterocycles. The number of aliphatic hydroxyl groups is 1. The molecule has 4 aromatic rings. The van der Waals surface area contributed by atoms with E-state index in [1.165, 1.54) is 12.4 Å². The van der Waals surface area contributed by atoms with Crippen LogP contribution in [0.3, 0.4) is 0 Å². The monoisotopic (exact) mass is 570 g/mol. The van der Waals surface area contributed by atoms with Crippen LogP contribution in [-0.4, -0.2) is 67.6 Å². The van der Waals surface area contributed by atoms with Gasteiger partial charge in [-0.3, -0.25) is 4.98 Å². The molecule has 6 rings (SSSR count). The zero-order chi connectivity index (χ0) is 28.5. The lowest BCUT2D eigenvalue weighted by Crippen LogP contribution is -2.40. The zero-order valence-corrected chi connectivity index (χ0v) is 23.4. The molecule has 1 saturated heterocycles. The van der Waals surface area contributed by atoms with Gasteiger partial charge in [-0.05, 0) is 49.3 Å². The van der Waals surface area contributed by atoms with Gasteiger partial charge in [0.25, 0.3) is 10.0 Å². The molecule has 0 radical (unpaired) electrons. The van der Waals surface area contributed by atoms with Crippen LogP contribution in [0.15, 0.2) is 61.4 Å². The molecule has 2 fully saturated rings. The maximum atomic E-state index is 12.5. The summed E-state index contributed by atoms with van der Waals surface area (Å²) in [5.41, 5.74) is 3.03. The minimum absolute atomic E-state index is 0.0867. The van der Waals surface area contributed by atoms with Crippen molar-refractivity contribution >= 4 is 27.3 Å². The van der Waals surface area contributed by atoms with Crippen LogP contribution in [-0.2, 0) is 10.0 Å². The van der Waals surface area contributed by atoms with E-state index in [4.69, 9.17) is 0 Å². The lowest BCUT2D eigenvalue weighted by atomic mass is 9.81. The van der Waals surface area contributed by atoms with Crippen LogP contribution in [0.5, 0.6) is 0 Å². The highest BCUT2D eigenvalue weighted by Crippen LogP contribution is 2.35. The van der Waals surface area contributed by atoms with Crippen LogP contribution >= 0.6 is 0 Å². The Morgan fingerprint density at radius 1 is 1.05 bits per heavy atom. The summed E-state index contributed by atoms with van der Waals surface area (Å²) >= 11 is 0. The second kappa shape index (κ2) is 10.9. The minimum Gasteiger partial charge on any atom is -0.396 e. The molecular weight excluding hydrogens is 540 g/mol. The number of nitrogens with zero attached hydrogens (tertiary/aromatic N) is 7. The quantitative estimate of drug-likeness (QED) is 0.319. The second-order valence-electron chi connectivity index (χ2n) is 10.8. The van der Waals surface area contributed by atoms with Crippen molar-refractivity contribution in [3.05, 3.63) is 72.6 Å². The predicted molar refractivity (Wildman–Crippen MR) is 155 cm³/mol. The molecule has 0 bridgehead atoms. The topological polar surface area (TPSA) is 139 Å². The summed E-state index contributed by atoms with van der Waals surface area (Å²) in [6, 6.07) is 7.41. The zero-order valence-electron chi connectivity index (χ0n) is 22.6. The highest BCUT2D eigenvalue weighted by Gasteiger charge is 2.37. The Balaban J connectivity index is 1.27. The number of pyridine rings is 2. The summed E-state index contributed by atoms with van der Waals surface area (Å²) in [6.45, 7) is 3.86. The first kappa shape index (κ1) is 26.9. The first-order valence-corrected chi connectivity index (χ1v) is 15.0. The van der Waals surface area contributed by atoms with Crippen molar-refractivity contribution in [1.82, 2.24) is 29.1 Å². The van der Waals surface area contributed by atoms with Gasteiger partial charge in [-0.15, -0.1) is 0 Å². The number of aliphatic hydroxyl groups excluding tert-OH is 1. The molecular formula is C29H30N8O3S. The molecule has 2 aliphatic rings. The third-order valence-electron chi connectivity index (χ3n) is 7.53. The third-order valence-corrected chi connectivity index (χ3v) is 9.57. The van der Waals surface area contributed by atoms with E-state index in [1.807, 2.05) is 18.2 Å². The molecule has 2 N–H and O–H groups in total. The van der Waals surface area contributed by atoms with Gasteiger partial charge in [-0.2, -0.15) is 9.19 Å². The van der Waals surface area contributed by atoms with Gasteiger partial charge in [-0.25, -0.2) is 23.4 Å². The SMILES string of the molecule is CC1(CO)CCN(c2cc(Nc3ccnc(-c4cnn(S(=O)(=O)C5CC5)c4)n3)ncc2C#Cc2ccncc2)CC1. The fourth-order valence-electron chi connectivity index (χ4n) is 4.67. The fraction of sp³-hybridized carbons (Fsp3) is 0.345. The average molecular weight is 571 g/mol. The van der Waals surface area contributed by atoms with Crippen molar-refractivity contribution in [2.24, 2.45) is 5.41 Å². The highest BCUT2D eigenvalue weighted by molar-refractivity contribution is 7.90. The molecule has 0 aromatic carbocycles. The van der Waals surface area contributed by atoms with Gasteiger partial charge in [-0.1, -0.05) is 18.8 Å². The first-order valence-electron chi connectivity index (χ1n) is 13.5. The minimum atomic E-state index is -3.47. The number of nitrogens with one attached hydrogen (secondary N) is 1. The van der Waals surface area contributed by atoms with Crippen molar-refractivity contribution in [3.8, 4) is 23.2 Å². The van der Waals surface area contributed by atoms with Crippen LogP contribution in [0, 0.1) is 17.3 Å². The molecule has 0 spiro atoms. The standard InChI is InChI=1S/C29H30N8O3S/c1-29(20-38)9-14-36(15-10-29)25-16-27(32-17-22(25)3-2-21-6-11-30-12-7-21)34-26-8-13-31-28(35-26)23-18-33-37(19-23)41(39,40)24-4-5-24/h6-8,11-13,16-19,24,38H,4-5,9-10,14-15,20H2,1H3,(H,31,32,34,35). The Morgan fingerprint density at radius 2 is 1.83 bits per heavy atom. The van der Waals surface area contributed by atoms with Gasteiger partial charge in [0.1, 0.15) is 11.6 Å². The van der Waals surface area contributed by atoms with E-state index in [0.717, 1.165) is 46.8 Å². The van der Waals surface area contributed by atoms with Crippen LogP contribution in [0.4, 0.5) is 17.3 Å². The van der Waals surface area contributed by atoms with Crippen LogP contribution in [0.2, 0.25) is 0 Å². The van der Waals surface area contributed by atoms with E-state index in [2.05, 4.69) is 54.0 Å². The van der Waals surface area contributed by atoms with E-state index in [9.17, 15) is 13.5 Å². The lowest BCUT2D eigenvalue weighted by molar-refractivity contribution is 0.115. The maximum absolute atomic E-state index is 12.5. The highest BCUT2D eigenvalue weighted by atomic mass is 32.2. The van der Waals surface area contributed by atoms with E-state index < -0.39 is 10.0 Å². The van der Waals surface area contributed by atoms with Crippen molar-refractivity contribution in [2.45, 2.75) is 37.9 Å². The molecule has 12 heteroatoms. The van der Waals surface area contributed by atoms with Crippen LogP contribution < -0.4 is 10.2 Å². The molecule has 0 atom stereocenters. The van der Waals surface area contributed by atoms with Gasteiger partial charge in [0.05, 0.1) is 34.5 Å². The molecule has 11 nitrogen and oxygen atoms in total. The van der Waals surface area contributed by atoms with E-state index in [1.54, 1.807) is 30.9 Å². The Morgan fingerprint density at radius 3 is 2.56 bits per heavy atom. The number of hydrogen-bond acceptors (Lipinski definition) is 10. The fourth-order valence-corrected chi connectivity index (χ4v) is 6.14. The molecule has 1 aliphatic carbocycles. The summed E-state index contributed by atoms with van der Waals surface area (Å²) in [7, 11) is -3.47. The Kier molecular flexibility index (Phi) is 7.15. The largest absolute Gasteiger partial charge is 0.396 e. The number of aromatic nitrogens is 6. The Hall–Kier alpha value is -4.34. The summed E-state index contributed by atoms with van der Waals surface area (Å²) in [5, 5.41) is 16.8. The molecule has 0 amide bonds. The van der Waals surface area contributed by atoms with E-state index >= 15 is 0 Å². The summed E-state index contributed by atoms with van der Waals surface area (Å²) in [6.07, 6.45) is 12.7. The number of anilines is 3. The Bertz CT molecular complexity index is 1720. The van der Waals surface area contributed by atoms with Crippen molar-refractivity contribution in [2.75, 3.05) is 29.9 Å². The van der Waals surface area contributed by atoms with Crippen molar-refractivity contribution in [1.29, 1.82) is 0 Å². The van der Waals surface area contributed by atoms with E-state index in [-0.39, 0.29) is 17.3 Å². The smallest absolute Gasteiger partial charge is 0.256 e. The number of hydrogen-bond donors (Lipinski definition) is 2. The molecule has 4 aromatic heterocycles. The normalized spacial score (nSPS) is 16.6. The summed E-state index contributed by atoms with van der Waals surface area (Å²) in [4.78, 5) is 19.8. The number of rotatable bonds is 7. The average Bonchev–Trinajstić information content (AvgIpc) is 3.74. The molecule has 41 heavy (non-hydrogen) atoms. The number of piperidine rings is 1. The lowest BCUT2D eigenvalue weighted by Gasteiger charge is -2.39.